The lowest BCUT2D eigenvalue weighted by Crippen LogP contribution is -2.10. The number of carbonyl (C=O) groups is 1. The van der Waals surface area contributed by atoms with Gasteiger partial charge in [0, 0.05) is 25.0 Å². The number of ether oxygens (including phenoxy) is 1. The molecule has 6 heteroatoms. The second-order valence-corrected chi connectivity index (χ2v) is 7.52. The maximum atomic E-state index is 11.5. The zero-order chi connectivity index (χ0) is 19.5. The van der Waals surface area contributed by atoms with Gasteiger partial charge in [-0.25, -0.2) is 4.98 Å². The van der Waals surface area contributed by atoms with E-state index in [1.54, 1.807) is 31.0 Å². The first-order chi connectivity index (χ1) is 13.7. The van der Waals surface area contributed by atoms with Crippen molar-refractivity contribution in [2.75, 3.05) is 13.7 Å². The van der Waals surface area contributed by atoms with Crippen LogP contribution in [0.2, 0.25) is 0 Å². The van der Waals surface area contributed by atoms with Crippen molar-refractivity contribution in [1.29, 1.82) is 0 Å². The number of thioether (sulfide) groups is 1. The number of amides is 1. The normalized spacial score (nSPS) is 11.3. The van der Waals surface area contributed by atoms with Gasteiger partial charge in [0.25, 0.3) is 0 Å². The predicted molar refractivity (Wildman–Crippen MR) is 114 cm³/mol. The van der Waals surface area contributed by atoms with E-state index in [-0.39, 0.29) is 0 Å². The number of aromatic nitrogens is 2. The minimum atomic E-state index is -0.446. The zero-order valence-corrected chi connectivity index (χ0v) is 16.4. The number of hydrogen-bond donors (Lipinski definition) is 1. The molecule has 0 spiro atoms. The quantitative estimate of drug-likeness (QED) is 0.479. The van der Waals surface area contributed by atoms with Crippen LogP contribution in [0.1, 0.15) is 15.9 Å². The highest BCUT2D eigenvalue weighted by Crippen LogP contribution is 2.28. The van der Waals surface area contributed by atoms with Gasteiger partial charge in [0.05, 0.1) is 17.6 Å². The third-order valence-corrected chi connectivity index (χ3v) is 5.75. The van der Waals surface area contributed by atoms with Gasteiger partial charge in [-0.05, 0) is 34.5 Å². The van der Waals surface area contributed by atoms with Crippen LogP contribution in [0.15, 0.2) is 65.8 Å². The fraction of sp³-hybridized carbons (Fsp3) is 0.182. The van der Waals surface area contributed by atoms with Gasteiger partial charge in [0.15, 0.2) is 5.16 Å². The molecule has 3 aromatic carbocycles. The topological polar surface area (TPSA) is 70.1 Å². The van der Waals surface area contributed by atoms with Gasteiger partial charge in [-0.1, -0.05) is 54.2 Å². The lowest BCUT2D eigenvalue weighted by Gasteiger charge is -2.09. The Bertz CT molecular complexity index is 1150. The number of nitrogens with two attached hydrogens (primary N) is 1. The summed E-state index contributed by atoms with van der Waals surface area (Å²) in [7, 11) is 1.69. The first-order valence-corrected chi connectivity index (χ1v) is 10.0. The molecule has 5 nitrogen and oxygen atoms in total. The molecule has 0 aliphatic rings. The van der Waals surface area contributed by atoms with E-state index in [1.165, 1.54) is 16.3 Å². The number of carbonyl (C=O) groups excluding carboxylic acids is 1. The van der Waals surface area contributed by atoms with Crippen LogP contribution in [-0.4, -0.2) is 29.2 Å². The second kappa shape index (κ2) is 8.04. The van der Waals surface area contributed by atoms with Crippen molar-refractivity contribution in [2.24, 2.45) is 5.73 Å². The molecule has 0 aliphatic carbocycles. The van der Waals surface area contributed by atoms with Crippen molar-refractivity contribution in [3.8, 4) is 0 Å². The van der Waals surface area contributed by atoms with E-state index in [0.29, 0.717) is 18.7 Å². The number of hydrogen-bond acceptors (Lipinski definition) is 4. The van der Waals surface area contributed by atoms with E-state index < -0.39 is 5.91 Å². The van der Waals surface area contributed by atoms with Crippen molar-refractivity contribution in [3.63, 3.8) is 0 Å². The minimum absolute atomic E-state index is 0.446. The minimum Gasteiger partial charge on any atom is -0.383 e. The molecular formula is C22H21N3O2S. The molecule has 0 saturated carbocycles. The summed E-state index contributed by atoms with van der Waals surface area (Å²) < 4.78 is 7.39. The van der Waals surface area contributed by atoms with E-state index in [2.05, 4.69) is 47.0 Å². The summed E-state index contributed by atoms with van der Waals surface area (Å²) in [6.45, 7) is 1.29. The number of primary amides is 1. The Balaban J connectivity index is 1.64. The lowest BCUT2D eigenvalue weighted by molar-refractivity contribution is 0.100. The molecule has 2 N–H and O–H groups in total. The summed E-state index contributed by atoms with van der Waals surface area (Å²) in [4.78, 5) is 16.2. The Morgan fingerprint density at radius 2 is 1.93 bits per heavy atom. The van der Waals surface area contributed by atoms with E-state index in [1.807, 2.05) is 6.07 Å². The maximum absolute atomic E-state index is 11.5. The van der Waals surface area contributed by atoms with Gasteiger partial charge in [-0.2, -0.15) is 0 Å². The monoisotopic (exact) mass is 391 g/mol. The molecular weight excluding hydrogens is 370 g/mol. The molecule has 1 aromatic heterocycles. The van der Waals surface area contributed by atoms with E-state index in [9.17, 15) is 4.79 Å². The smallest absolute Gasteiger partial charge is 0.248 e. The Kier molecular flexibility index (Phi) is 5.32. The Morgan fingerprint density at radius 1 is 1.11 bits per heavy atom. The maximum Gasteiger partial charge on any atom is 0.248 e. The predicted octanol–water partition coefficient (Wildman–Crippen LogP) is 4.23. The summed E-state index contributed by atoms with van der Waals surface area (Å²) in [6, 6.07) is 20.3. The molecule has 0 unspecified atom stereocenters. The van der Waals surface area contributed by atoms with Crippen molar-refractivity contribution in [2.45, 2.75) is 17.5 Å². The summed E-state index contributed by atoms with van der Waals surface area (Å²) in [6.07, 6.45) is 0. The van der Waals surface area contributed by atoms with Gasteiger partial charge in [0.2, 0.25) is 5.91 Å². The molecule has 0 saturated heterocycles. The van der Waals surface area contributed by atoms with Gasteiger partial charge in [0.1, 0.15) is 0 Å². The van der Waals surface area contributed by atoms with E-state index in [0.717, 1.165) is 21.9 Å². The van der Waals surface area contributed by atoms with Gasteiger partial charge >= 0.3 is 0 Å². The largest absolute Gasteiger partial charge is 0.383 e. The lowest BCUT2D eigenvalue weighted by atomic mass is 10.1. The van der Waals surface area contributed by atoms with Crippen LogP contribution in [0.25, 0.3) is 21.8 Å². The molecule has 4 aromatic rings. The van der Waals surface area contributed by atoms with Crippen LogP contribution in [0.5, 0.6) is 0 Å². The number of methoxy groups -OCH3 is 1. The SMILES string of the molecule is COCCn1c(SCc2ccc3ccccc3c2)nc2cc(C(N)=O)ccc21. The molecule has 4 rings (SSSR count). The summed E-state index contributed by atoms with van der Waals surface area (Å²) >= 11 is 1.68. The molecule has 1 amide bonds. The third-order valence-electron chi connectivity index (χ3n) is 4.70. The Hall–Kier alpha value is -2.83. The average molecular weight is 391 g/mol. The Morgan fingerprint density at radius 3 is 2.71 bits per heavy atom. The first kappa shape index (κ1) is 18.5. The summed E-state index contributed by atoms with van der Waals surface area (Å²) in [5, 5.41) is 3.38. The highest BCUT2D eigenvalue weighted by Gasteiger charge is 2.13. The van der Waals surface area contributed by atoms with Crippen LogP contribution >= 0.6 is 11.8 Å². The van der Waals surface area contributed by atoms with E-state index >= 15 is 0 Å². The standard InChI is InChI=1S/C22H21N3O2S/c1-27-11-10-25-20-9-8-18(21(23)26)13-19(20)24-22(25)28-14-15-6-7-16-4-2-3-5-17(16)12-15/h2-9,12-13H,10-11,14H2,1H3,(H2,23,26). The molecule has 0 fully saturated rings. The van der Waals surface area contributed by atoms with Crippen molar-refractivity contribution in [1.82, 2.24) is 9.55 Å². The summed E-state index contributed by atoms with van der Waals surface area (Å²) in [5.74, 6) is 0.364. The highest BCUT2D eigenvalue weighted by atomic mass is 32.2. The molecule has 0 atom stereocenters. The van der Waals surface area contributed by atoms with Crippen molar-refractivity contribution >= 4 is 39.5 Å². The molecule has 142 valence electrons. The number of imidazole rings is 1. The number of rotatable bonds is 7. The van der Waals surface area contributed by atoms with Gasteiger partial charge < -0.3 is 15.0 Å². The average Bonchev–Trinajstić information content (AvgIpc) is 3.07. The van der Waals surface area contributed by atoms with Crippen LogP contribution in [-0.2, 0) is 17.0 Å². The van der Waals surface area contributed by atoms with Crippen LogP contribution in [0.3, 0.4) is 0 Å². The van der Waals surface area contributed by atoms with Gasteiger partial charge in [-0.3, -0.25) is 4.79 Å². The number of fused-ring (bicyclic) bond motifs is 2. The van der Waals surface area contributed by atoms with Crippen molar-refractivity contribution < 1.29 is 9.53 Å². The van der Waals surface area contributed by atoms with Crippen LogP contribution < -0.4 is 5.73 Å². The molecule has 0 aliphatic heterocycles. The second-order valence-electron chi connectivity index (χ2n) is 6.58. The summed E-state index contributed by atoms with van der Waals surface area (Å²) in [5.41, 5.74) is 8.87. The van der Waals surface area contributed by atoms with Crippen molar-refractivity contribution in [3.05, 3.63) is 71.8 Å². The number of benzene rings is 3. The molecule has 0 bridgehead atoms. The molecule has 0 radical (unpaired) electrons. The third kappa shape index (κ3) is 3.74. The fourth-order valence-corrected chi connectivity index (χ4v) is 4.23. The van der Waals surface area contributed by atoms with E-state index in [4.69, 9.17) is 15.5 Å². The van der Waals surface area contributed by atoms with Gasteiger partial charge in [-0.15, -0.1) is 0 Å². The Labute approximate surface area is 167 Å². The highest BCUT2D eigenvalue weighted by molar-refractivity contribution is 7.98. The number of nitrogens with zero attached hydrogens (tertiary/aromatic N) is 2. The van der Waals surface area contributed by atoms with Crippen LogP contribution in [0, 0.1) is 0 Å². The zero-order valence-electron chi connectivity index (χ0n) is 15.6. The van der Waals surface area contributed by atoms with Crippen LogP contribution in [0.4, 0.5) is 0 Å². The fourth-order valence-electron chi connectivity index (χ4n) is 3.25. The molecule has 1 heterocycles. The first-order valence-electron chi connectivity index (χ1n) is 9.05. The molecule has 28 heavy (non-hydrogen) atoms.